The van der Waals surface area contributed by atoms with E-state index in [9.17, 15) is 0 Å². The van der Waals surface area contributed by atoms with Crippen molar-refractivity contribution in [2.75, 3.05) is 5.73 Å². The zero-order valence-corrected chi connectivity index (χ0v) is 8.89. The number of nitrogen functional groups attached to an aromatic ring is 1. The summed E-state index contributed by atoms with van der Waals surface area (Å²) in [4.78, 5) is 4.34. The van der Waals surface area contributed by atoms with Crippen molar-refractivity contribution >= 4 is 17.2 Å². The van der Waals surface area contributed by atoms with Crippen LogP contribution < -0.4 is 5.73 Å². The number of nitrogens with two attached hydrogens (primary N) is 1. The van der Waals surface area contributed by atoms with E-state index in [0.29, 0.717) is 5.88 Å². The molecule has 0 aliphatic carbocycles. The summed E-state index contributed by atoms with van der Waals surface area (Å²) in [5, 5.41) is 6.90. The molecule has 0 saturated heterocycles. The first kappa shape index (κ1) is 9.21. The van der Waals surface area contributed by atoms with Gasteiger partial charge in [-0.15, -0.1) is 11.3 Å². The summed E-state index contributed by atoms with van der Waals surface area (Å²) in [5.74, 6) is 0.396. The van der Waals surface area contributed by atoms with Gasteiger partial charge in [-0.25, -0.2) is 4.98 Å². The maximum absolute atomic E-state index is 5.64. The molecule has 0 unspecified atom stereocenters. The molecule has 0 bridgehead atoms. The number of aromatic nitrogens is 2. The van der Waals surface area contributed by atoms with Gasteiger partial charge < -0.3 is 10.3 Å². The Labute approximate surface area is 85.7 Å². The van der Waals surface area contributed by atoms with E-state index in [1.54, 1.807) is 11.3 Å². The van der Waals surface area contributed by atoms with Crippen LogP contribution in [0, 0.1) is 6.92 Å². The van der Waals surface area contributed by atoms with E-state index in [-0.39, 0.29) is 0 Å². The molecule has 14 heavy (non-hydrogen) atoms. The summed E-state index contributed by atoms with van der Waals surface area (Å²) >= 11 is 1.59. The lowest BCUT2D eigenvalue weighted by Crippen LogP contribution is -1.90. The Hall–Kier alpha value is -1.36. The molecule has 74 valence electrons. The minimum Gasteiger partial charge on any atom is -0.367 e. The number of nitrogens with zero attached hydrogens (tertiary/aromatic N) is 2. The average molecular weight is 209 g/mol. The molecule has 0 saturated carbocycles. The van der Waals surface area contributed by atoms with Gasteiger partial charge in [0.2, 0.25) is 5.88 Å². The normalized spacial score (nSPS) is 10.7. The zero-order valence-electron chi connectivity index (χ0n) is 8.07. The third kappa shape index (κ3) is 1.39. The van der Waals surface area contributed by atoms with Gasteiger partial charge in [-0.05, 0) is 13.3 Å². The van der Waals surface area contributed by atoms with Crippen LogP contribution in [0.5, 0.6) is 0 Å². The lowest BCUT2D eigenvalue weighted by atomic mass is 10.1. The molecule has 0 radical (unpaired) electrons. The molecule has 2 rings (SSSR count). The van der Waals surface area contributed by atoms with Crippen LogP contribution in [0.25, 0.3) is 11.4 Å². The summed E-state index contributed by atoms with van der Waals surface area (Å²) in [6.45, 7) is 3.98. The molecule has 0 aromatic carbocycles. The van der Waals surface area contributed by atoms with E-state index in [4.69, 9.17) is 10.3 Å². The van der Waals surface area contributed by atoms with E-state index in [1.165, 1.54) is 0 Å². The number of anilines is 1. The predicted molar refractivity (Wildman–Crippen MR) is 56.1 cm³/mol. The molecule has 5 heteroatoms. The first-order valence-electron chi connectivity index (χ1n) is 4.39. The molecule has 4 nitrogen and oxygen atoms in total. The van der Waals surface area contributed by atoms with Gasteiger partial charge >= 0.3 is 0 Å². The van der Waals surface area contributed by atoms with Crippen LogP contribution in [0.2, 0.25) is 0 Å². The molecule has 2 aromatic rings. The van der Waals surface area contributed by atoms with Gasteiger partial charge in [0.25, 0.3) is 0 Å². The number of rotatable bonds is 2. The Kier molecular flexibility index (Phi) is 2.25. The van der Waals surface area contributed by atoms with Crippen LogP contribution in [0.15, 0.2) is 9.90 Å². The van der Waals surface area contributed by atoms with Gasteiger partial charge in [0, 0.05) is 10.9 Å². The minimum absolute atomic E-state index is 0.396. The number of hydrogen-bond donors (Lipinski definition) is 1. The molecule has 0 amide bonds. The van der Waals surface area contributed by atoms with Crippen molar-refractivity contribution in [1.82, 2.24) is 10.1 Å². The Morgan fingerprint density at radius 1 is 1.57 bits per heavy atom. The highest BCUT2D eigenvalue weighted by atomic mass is 32.1. The highest BCUT2D eigenvalue weighted by Crippen LogP contribution is 2.28. The summed E-state index contributed by atoms with van der Waals surface area (Å²) in [5.41, 5.74) is 8.21. The van der Waals surface area contributed by atoms with E-state index in [2.05, 4.69) is 10.1 Å². The molecule has 0 spiro atoms. The second-order valence-corrected chi connectivity index (χ2v) is 4.04. The molecule has 2 aromatic heterocycles. The fourth-order valence-electron chi connectivity index (χ4n) is 1.34. The van der Waals surface area contributed by atoms with Gasteiger partial charge in [0.15, 0.2) is 0 Å². The lowest BCUT2D eigenvalue weighted by Gasteiger charge is -1.93. The third-order valence-electron chi connectivity index (χ3n) is 2.03. The van der Waals surface area contributed by atoms with Crippen molar-refractivity contribution in [2.24, 2.45) is 0 Å². The van der Waals surface area contributed by atoms with Crippen molar-refractivity contribution in [3.8, 4) is 11.4 Å². The van der Waals surface area contributed by atoms with E-state index < -0.39 is 0 Å². The predicted octanol–water partition coefficient (Wildman–Crippen LogP) is 2.25. The molecule has 0 aliphatic heterocycles. The average Bonchev–Trinajstić information content (AvgIpc) is 2.71. The van der Waals surface area contributed by atoms with E-state index in [1.807, 2.05) is 19.2 Å². The molecule has 0 atom stereocenters. The van der Waals surface area contributed by atoms with Gasteiger partial charge in [0.1, 0.15) is 11.4 Å². The maximum atomic E-state index is 5.64. The summed E-state index contributed by atoms with van der Waals surface area (Å²) < 4.78 is 4.94. The highest BCUT2D eigenvalue weighted by molar-refractivity contribution is 7.09. The first-order chi connectivity index (χ1) is 6.72. The fourth-order valence-corrected chi connectivity index (χ4v) is 1.93. The van der Waals surface area contributed by atoms with Gasteiger partial charge in [-0.2, -0.15) is 0 Å². The van der Waals surface area contributed by atoms with Crippen molar-refractivity contribution in [1.29, 1.82) is 0 Å². The van der Waals surface area contributed by atoms with Gasteiger partial charge in [-0.3, -0.25) is 0 Å². The third-order valence-corrected chi connectivity index (χ3v) is 2.81. The van der Waals surface area contributed by atoms with Crippen molar-refractivity contribution < 1.29 is 4.52 Å². The van der Waals surface area contributed by atoms with Gasteiger partial charge in [-0.1, -0.05) is 12.1 Å². The quantitative estimate of drug-likeness (QED) is 0.823. The van der Waals surface area contributed by atoms with Crippen molar-refractivity contribution in [3.63, 3.8) is 0 Å². The molecule has 2 heterocycles. The standard InChI is InChI=1S/C9H11N3OS/c1-3-6-8(12-13-9(6)10)7-4-14-5(2)11-7/h4H,3,10H2,1-2H3. The second-order valence-electron chi connectivity index (χ2n) is 2.98. The molecular weight excluding hydrogens is 198 g/mol. The summed E-state index contributed by atoms with van der Waals surface area (Å²) in [7, 11) is 0. The van der Waals surface area contributed by atoms with Crippen molar-refractivity contribution in [3.05, 3.63) is 16.0 Å². The number of hydrogen-bond acceptors (Lipinski definition) is 5. The Balaban J connectivity index is 2.51. The Morgan fingerprint density at radius 2 is 2.36 bits per heavy atom. The van der Waals surface area contributed by atoms with Crippen LogP contribution in [0.3, 0.4) is 0 Å². The largest absolute Gasteiger partial charge is 0.367 e. The number of thiazole rings is 1. The van der Waals surface area contributed by atoms with Crippen LogP contribution in [-0.2, 0) is 6.42 Å². The van der Waals surface area contributed by atoms with Crippen LogP contribution in [0.4, 0.5) is 5.88 Å². The second kappa shape index (κ2) is 3.42. The van der Waals surface area contributed by atoms with E-state index in [0.717, 1.165) is 28.4 Å². The zero-order chi connectivity index (χ0) is 10.1. The Morgan fingerprint density at radius 3 is 2.93 bits per heavy atom. The smallest absolute Gasteiger partial charge is 0.225 e. The lowest BCUT2D eigenvalue weighted by molar-refractivity contribution is 0.438. The van der Waals surface area contributed by atoms with Crippen LogP contribution in [-0.4, -0.2) is 10.1 Å². The fraction of sp³-hybridized carbons (Fsp3) is 0.333. The number of aryl methyl sites for hydroxylation is 1. The van der Waals surface area contributed by atoms with Crippen LogP contribution in [0.1, 0.15) is 17.5 Å². The first-order valence-corrected chi connectivity index (χ1v) is 5.27. The highest BCUT2D eigenvalue weighted by Gasteiger charge is 2.15. The topological polar surface area (TPSA) is 64.9 Å². The van der Waals surface area contributed by atoms with Gasteiger partial charge in [0.05, 0.1) is 5.01 Å². The summed E-state index contributed by atoms with van der Waals surface area (Å²) in [6.07, 6.45) is 0.807. The molecule has 0 fully saturated rings. The SMILES string of the molecule is CCc1c(-c2csc(C)n2)noc1N. The monoisotopic (exact) mass is 209 g/mol. The maximum Gasteiger partial charge on any atom is 0.225 e. The molecule has 0 aliphatic rings. The molecular formula is C9H11N3OS. The van der Waals surface area contributed by atoms with Crippen molar-refractivity contribution in [2.45, 2.75) is 20.3 Å². The van der Waals surface area contributed by atoms with Crippen LogP contribution >= 0.6 is 11.3 Å². The summed E-state index contributed by atoms with van der Waals surface area (Å²) in [6, 6.07) is 0. The minimum atomic E-state index is 0.396. The Bertz CT molecular complexity index is 447. The van der Waals surface area contributed by atoms with E-state index >= 15 is 0 Å². The molecule has 2 N–H and O–H groups in total.